The lowest BCUT2D eigenvalue weighted by atomic mass is 10.1. The smallest absolute Gasteiger partial charge is 0.227 e. The maximum atomic E-state index is 5.66. The van der Waals surface area contributed by atoms with E-state index in [1.165, 1.54) is 0 Å². The van der Waals surface area contributed by atoms with Gasteiger partial charge in [0, 0.05) is 43.5 Å². The summed E-state index contributed by atoms with van der Waals surface area (Å²) in [5.74, 6) is 2.78. The molecule has 2 N–H and O–H groups in total. The molecule has 0 fully saturated rings. The first kappa shape index (κ1) is 23.4. The molecule has 3 aromatic heterocycles. The molecule has 0 aliphatic rings. The molecule has 9 nitrogen and oxygen atoms in total. The number of methoxy groups -OCH3 is 2. The lowest BCUT2D eigenvalue weighted by Gasteiger charge is -2.23. The van der Waals surface area contributed by atoms with Gasteiger partial charge in [0.1, 0.15) is 17.1 Å². The molecule has 0 bridgehead atoms. The molecule has 178 valence electrons. The number of anilines is 3. The highest BCUT2D eigenvalue weighted by molar-refractivity contribution is 5.89. The van der Waals surface area contributed by atoms with Crippen molar-refractivity contribution in [3.8, 4) is 17.0 Å². The number of imidazole rings is 1. The molecule has 4 aromatic rings. The normalized spacial score (nSPS) is 11.6. The van der Waals surface area contributed by atoms with Gasteiger partial charge in [0.25, 0.3) is 0 Å². The molecule has 0 atom stereocenters. The lowest BCUT2D eigenvalue weighted by Crippen LogP contribution is -2.32. The van der Waals surface area contributed by atoms with E-state index in [0.717, 1.165) is 39.4 Å². The summed E-state index contributed by atoms with van der Waals surface area (Å²) in [6, 6.07) is 7.92. The molecular formula is C25H31N7O2. The van der Waals surface area contributed by atoms with Crippen molar-refractivity contribution in [3.05, 3.63) is 48.2 Å². The van der Waals surface area contributed by atoms with Crippen LogP contribution in [-0.4, -0.2) is 50.9 Å². The number of hydrogen-bond acceptors (Lipinski definition) is 8. The van der Waals surface area contributed by atoms with E-state index in [-0.39, 0.29) is 5.60 Å². The summed E-state index contributed by atoms with van der Waals surface area (Å²) in [6.45, 7) is 8.55. The number of nitrogens with one attached hydrogen (secondary N) is 2. The fraction of sp³-hybridized carbons (Fsp3) is 0.360. The number of hydrogen-bond donors (Lipinski definition) is 2. The summed E-state index contributed by atoms with van der Waals surface area (Å²) < 4.78 is 13.2. The molecule has 0 unspecified atom stereocenters. The van der Waals surface area contributed by atoms with Gasteiger partial charge in [-0.3, -0.25) is 0 Å². The molecule has 0 radical (unpaired) electrons. The highest BCUT2D eigenvalue weighted by Crippen LogP contribution is 2.33. The van der Waals surface area contributed by atoms with Crippen LogP contribution in [0.25, 0.3) is 22.2 Å². The van der Waals surface area contributed by atoms with Crippen molar-refractivity contribution in [1.29, 1.82) is 0 Å². The molecule has 0 saturated carbocycles. The summed E-state index contributed by atoms with van der Waals surface area (Å²) in [5.41, 5.74) is 4.07. The van der Waals surface area contributed by atoms with Crippen LogP contribution in [0.4, 0.5) is 17.5 Å². The Morgan fingerprint density at radius 3 is 2.50 bits per heavy atom. The van der Waals surface area contributed by atoms with Crippen molar-refractivity contribution in [2.45, 2.75) is 33.3 Å². The third kappa shape index (κ3) is 4.79. The van der Waals surface area contributed by atoms with Crippen LogP contribution in [0.15, 0.2) is 36.7 Å². The van der Waals surface area contributed by atoms with Gasteiger partial charge in [-0.1, -0.05) is 6.07 Å². The molecule has 0 aliphatic carbocycles. The SMILES string of the molecule is COc1cc(-c2cnc(C)n2C)ccc1Nc1ncc2cc(C)nc(NCC(C)(C)OC)c2n1. The molecule has 1 aromatic carbocycles. The van der Waals surface area contributed by atoms with E-state index in [1.54, 1.807) is 20.4 Å². The fourth-order valence-corrected chi connectivity index (χ4v) is 3.57. The number of aromatic nitrogens is 5. The average Bonchev–Trinajstić information content (AvgIpc) is 3.16. The van der Waals surface area contributed by atoms with E-state index in [2.05, 4.69) is 25.6 Å². The number of rotatable bonds is 8. The Morgan fingerprint density at radius 1 is 1.03 bits per heavy atom. The molecular weight excluding hydrogens is 430 g/mol. The highest BCUT2D eigenvalue weighted by atomic mass is 16.5. The number of nitrogens with zero attached hydrogens (tertiary/aromatic N) is 5. The second-order valence-electron chi connectivity index (χ2n) is 8.85. The highest BCUT2D eigenvalue weighted by Gasteiger charge is 2.18. The van der Waals surface area contributed by atoms with Gasteiger partial charge in [0.15, 0.2) is 5.82 Å². The van der Waals surface area contributed by atoms with Gasteiger partial charge < -0.3 is 24.7 Å². The van der Waals surface area contributed by atoms with Crippen molar-refractivity contribution in [3.63, 3.8) is 0 Å². The fourth-order valence-electron chi connectivity index (χ4n) is 3.57. The number of aryl methyl sites for hydroxylation is 2. The second-order valence-corrected chi connectivity index (χ2v) is 8.85. The largest absolute Gasteiger partial charge is 0.495 e. The minimum absolute atomic E-state index is 0.340. The van der Waals surface area contributed by atoms with Crippen molar-refractivity contribution in [1.82, 2.24) is 24.5 Å². The van der Waals surface area contributed by atoms with E-state index in [1.807, 2.05) is 69.8 Å². The summed E-state index contributed by atoms with van der Waals surface area (Å²) in [5, 5.41) is 7.58. The Morgan fingerprint density at radius 2 is 1.82 bits per heavy atom. The van der Waals surface area contributed by atoms with Crippen LogP contribution in [0, 0.1) is 13.8 Å². The summed E-state index contributed by atoms with van der Waals surface area (Å²) in [7, 11) is 5.34. The van der Waals surface area contributed by atoms with Gasteiger partial charge in [-0.05, 0) is 45.9 Å². The quantitative estimate of drug-likeness (QED) is 0.392. The predicted octanol–water partition coefficient (Wildman–Crippen LogP) is 4.63. The summed E-state index contributed by atoms with van der Waals surface area (Å²) >= 11 is 0. The van der Waals surface area contributed by atoms with Crippen molar-refractivity contribution in [2.75, 3.05) is 31.4 Å². The number of ether oxygens (including phenoxy) is 2. The first-order valence-corrected chi connectivity index (χ1v) is 11.1. The van der Waals surface area contributed by atoms with Crippen LogP contribution in [-0.2, 0) is 11.8 Å². The Balaban J connectivity index is 1.66. The van der Waals surface area contributed by atoms with Gasteiger partial charge in [0.2, 0.25) is 5.95 Å². The number of fused-ring (bicyclic) bond motifs is 1. The first-order valence-electron chi connectivity index (χ1n) is 11.1. The number of pyridine rings is 1. The zero-order chi connectivity index (χ0) is 24.5. The average molecular weight is 462 g/mol. The maximum absolute atomic E-state index is 5.66. The van der Waals surface area contributed by atoms with Crippen molar-refractivity contribution < 1.29 is 9.47 Å². The first-order chi connectivity index (χ1) is 16.2. The topological polar surface area (TPSA) is 99.0 Å². The predicted molar refractivity (Wildman–Crippen MR) is 135 cm³/mol. The molecule has 0 amide bonds. The number of benzene rings is 1. The molecule has 34 heavy (non-hydrogen) atoms. The zero-order valence-corrected chi connectivity index (χ0v) is 20.7. The van der Waals surface area contributed by atoms with E-state index in [0.29, 0.717) is 24.1 Å². The third-order valence-electron chi connectivity index (χ3n) is 5.89. The van der Waals surface area contributed by atoms with Crippen LogP contribution in [0.2, 0.25) is 0 Å². The molecule has 4 rings (SSSR count). The van der Waals surface area contributed by atoms with Crippen molar-refractivity contribution in [2.24, 2.45) is 7.05 Å². The minimum Gasteiger partial charge on any atom is -0.495 e. The lowest BCUT2D eigenvalue weighted by molar-refractivity contribution is 0.0343. The van der Waals surface area contributed by atoms with Crippen LogP contribution < -0.4 is 15.4 Å². The third-order valence-corrected chi connectivity index (χ3v) is 5.89. The summed E-state index contributed by atoms with van der Waals surface area (Å²) in [4.78, 5) is 18.3. The Bertz CT molecular complexity index is 1330. The Hall–Kier alpha value is -3.72. The van der Waals surface area contributed by atoms with Gasteiger partial charge in [-0.2, -0.15) is 0 Å². The molecule has 0 saturated heterocycles. The maximum Gasteiger partial charge on any atom is 0.227 e. The van der Waals surface area contributed by atoms with Crippen LogP contribution in [0.1, 0.15) is 25.4 Å². The standard InChI is InChI=1S/C25H31N7O2/c1-15-10-18-12-27-24(31-22(18)23(29-15)28-14-25(3,4)34-7)30-19-9-8-17(11-21(19)33-6)20-13-26-16(2)32(20)5/h8-13H,14H2,1-7H3,(H,28,29)(H,27,30,31). The Kier molecular flexibility index (Phi) is 6.39. The molecule has 0 spiro atoms. The monoisotopic (exact) mass is 461 g/mol. The van der Waals surface area contributed by atoms with Gasteiger partial charge in [0.05, 0.1) is 30.3 Å². The van der Waals surface area contributed by atoms with E-state index < -0.39 is 0 Å². The van der Waals surface area contributed by atoms with Gasteiger partial charge in [-0.25, -0.2) is 19.9 Å². The second kappa shape index (κ2) is 9.26. The minimum atomic E-state index is -0.340. The molecule has 9 heteroatoms. The zero-order valence-electron chi connectivity index (χ0n) is 20.7. The van der Waals surface area contributed by atoms with Crippen molar-refractivity contribution >= 4 is 28.4 Å². The van der Waals surface area contributed by atoms with E-state index in [9.17, 15) is 0 Å². The molecule has 0 aliphatic heterocycles. The van der Waals surface area contributed by atoms with Crippen LogP contribution >= 0.6 is 0 Å². The molecule has 3 heterocycles. The van der Waals surface area contributed by atoms with Crippen LogP contribution in [0.3, 0.4) is 0 Å². The Labute approximate surface area is 199 Å². The van der Waals surface area contributed by atoms with Gasteiger partial charge >= 0.3 is 0 Å². The van der Waals surface area contributed by atoms with E-state index >= 15 is 0 Å². The van der Waals surface area contributed by atoms with Crippen LogP contribution in [0.5, 0.6) is 5.75 Å². The van der Waals surface area contributed by atoms with Gasteiger partial charge in [-0.15, -0.1) is 0 Å². The summed E-state index contributed by atoms with van der Waals surface area (Å²) in [6.07, 6.45) is 3.66. The van der Waals surface area contributed by atoms with E-state index in [4.69, 9.17) is 14.5 Å².